The fourth-order valence-electron chi connectivity index (χ4n) is 1.41. The number of hydrogen-bond acceptors (Lipinski definition) is 3. The van der Waals surface area contributed by atoms with Crippen molar-refractivity contribution < 1.29 is 9.59 Å². The number of imide groups is 1. The van der Waals surface area contributed by atoms with Gasteiger partial charge in [-0.1, -0.05) is 29.5 Å². The quantitative estimate of drug-likeness (QED) is 0.815. The summed E-state index contributed by atoms with van der Waals surface area (Å²) in [6.45, 7) is 2.47. The molecule has 0 radical (unpaired) electrons. The fraction of sp³-hybridized carbons (Fsp3) is 0.273. The third-order valence-corrected chi connectivity index (χ3v) is 3.16. The normalized spacial score (nSPS) is 15.3. The lowest BCUT2D eigenvalue weighted by Gasteiger charge is -2.13. The van der Waals surface area contributed by atoms with Gasteiger partial charge in [0.1, 0.15) is 0 Å². The number of amides is 3. The summed E-state index contributed by atoms with van der Waals surface area (Å²) in [6.07, 6.45) is 0. The Morgan fingerprint density at radius 1 is 1.38 bits per heavy atom. The Labute approximate surface area is 98.0 Å². The second kappa shape index (κ2) is 4.57. The molecule has 1 aliphatic heterocycles. The number of rotatable bonds is 1. The van der Waals surface area contributed by atoms with Crippen molar-refractivity contribution in [3.8, 4) is 0 Å². The lowest BCUT2D eigenvalue weighted by molar-refractivity contribution is 0.213. The Bertz CT molecular complexity index is 416. The summed E-state index contributed by atoms with van der Waals surface area (Å²) >= 11 is 1.17. The highest BCUT2D eigenvalue weighted by molar-refractivity contribution is 8.13. The molecule has 2 rings (SSSR count). The molecule has 1 fully saturated rings. The first-order valence-electron chi connectivity index (χ1n) is 4.99. The average molecular weight is 236 g/mol. The second-order valence-corrected chi connectivity index (χ2v) is 4.61. The van der Waals surface area contributed by atoms with E-state index in [0.29, 0.717) is 18.0 Å². The maximum absolute atomic E-state index is 11.7. The highest BCUT2D eigenvalue weighted by Crippen LogP contribution is 2.18. The summed E-state index contributed by atoms with van der Waals surface area (Å²) in [7, 11) is 0. The molecular weight excluding hydrogens is 224 g/mol. The van der Waals surface area contributed by atoms with Crippen LogP contribution < -0.4 is 5.32 Å². The Balaban J connectivity index is 2.02. The van der Waals surface area contributed by atoms with Gasteiger partial charge in [0.05, 0.1) is 0 Å². The van der Waals surface area contributed by atoms with Crippen LogP contribution in [0.4, 0.5) is 15.3 Å². The molecule has 0 aromatic heterocycles. The molecule has 1 N–H and O–H groups in total. The molecule has 16 heavy (non-hydrogen) atoms. The van der Waals surface area contributed by atoms with E-state index in [2.05, 4.69) is 5.32 Å². The molecule has 1 heterocycles. The van der Waals surface area contributed by atoms with Crippen molar-refractivity contribution in [3.63, 3.8) is 0 Å². The molecule has 0 spiro atoms. The number of nitrogens with zero attached hydrogens (tertiary/aromatic N) is 1. The van der Waals surface area contributed by atoms with Crippen molar-refractivity contribution >= 4 is 28.7 Å². The highest BCUT2D eigenvalue weighted by atomic mass is 32.2. The minimum Gasteiger partial charge on any atom is -0.307 e. The van der Waals surface area contributed by atoms with Crippen LogP contribution in [-0.4, -0.2) is 28.5 Å². The third-order valence-electron chi connectivity index (χ3n) is 2.31. The van der Waals surface area contributed by atoms with Crippen LogP contribution in [0, 0.1) is 6.92 Å². The monoisotopic (exact) mass is 236 g/mol. The molecule has 0 unspecified atom stereocenters. The molecule has 5 heteroatoms. The van der Waals surface area contributed by atoms with Crippen molar-refractivity contribution in [2.75, 3.05) is 17.6 Å². The number of carbonyl (C=O) groups is 2. The summed E-state index contributed by atoms with van der Waals surface area (Å²) in [4.78, 5) is 24.2. The smallest absolute Gasteiger partial charge is 0.307 e. The van der Waals surface area contributed by atoms with E-state index in [9.17, 15) is 9.59 Å². The Morgan fingerprint density at radius 3 is 2.62 bits per heavy atom. The molecule has 0 atom stereocenters. The summed E-state index contributed by atoms with van der Waals surface area (Å²) in [5.41, 5.74) is 1.84. The summed E-state index contributed by atoms with van der Waals surface area (Å²) in [5, 5.41) is 2.52. The van der Waals surface area contributed by atoms with Crippen LogP contribution in [0.1, 0.15) is 5.56 Å². The molecule has 1 saturated heterocycles. The number of benzene rings is 1. The van der Waals surface area contributed by atoms with Gasteiger partial charge in [0, 0.05) is 18.0 Å². The molecule has 1 aliphatic rings. The van der Waals surface area contributed by atoms with Gasteiger partial charge in [-0.25, -0.2) is 4.79 Å². The third kappa shape index (κ3) is 2.36. The first kappa shape index (κ1) is 11.0. The highest BCUT2D eigenvalue weighted by Gasteiger charge is 2.27. The zero-order valence-corrected chi connectivity index (χ0v) is 9.71. The zero-order chi connectivity index (χ0) is 11.5. The Kier molecular flexibility index (Phi) is 3.14. The maximum Gasteiger partial charge on any atom is 0.329 e. The molecule has 1 aromatic rings. The number of aryl methyl sites for hydroxylation is 1. The SMILES string of the molecule is Cc1ccc(NC(=O)N2CCSC2=O)cc1. The van der Waals surface area contributed by atoms with Crippen molar-refractivity contribution in [2.45, 2.75) is 6.92 Å². The standard InChI is InChI=1S/C11H12N2O2S/c1-8-2-4-9(5-3-8)12-10(14)13-6-7-16-11(13)15/h2-5H,6-7H2,1H3,(H,12,14). The number of urea groups is 1. The van der Waals surface area contributed by atoms with E-state index in [-0.39, 0.29) is 11.3 Å². The van der Waals surface area contributed by atoms with Gasteiger partial charge in [-0.15, -0.1) is 0 Å². The summed E-state index contributed by atoms with van der Waals surface area (Å²) in [5.74, 6) is 0.681. The number of anilines is 1. The second-order valence-electron chi connectivity index (χ2n) is 3.56. The van der Waals surface area contributed by atoms with Crippen molar-refractivity contribution in [3.05, 3.63) is 29.8 Å². The van der Waals surface area contributed by atoms with E-state index < -0.39 is 0 Å². The fourth-order valence-corrected chi connectivity index (χ4v) is 2.18. The topological polar surface area (TPSA) is 49.4 Å². The van der Waals surface area contributed by atoms with Crippen LogP contribution in [0.15, 0.2) is 24.3 Å². The van der Waals surface area contributed by atoms with Crippen molar-refractivity contribution in [1.82, 2.24) is 4.90 Å². The van der Waals surface area contributed by atoms with Crippen LogP contribution in [0.25, 0.3) is 0 Å². The molecule has 84 valence electrons. The van der Waals surface area contributed by atoms with Gasteiger partial charge in [-0.2, -0.15) is 0 Å². The largest absolute Gasteiger partial charge is 0.329 e. The van der Waals surface area contributed by atoms with E-state index >= 15 is 0 Å². The predicted octanol–water partition coefficient (Wildman–Crippen LogP) is 2.70. The van der Waals surface area contributed by atoms with E-state index in [1.165, 1.54) is 16.7 Å². The van der Waals surface area contributed by atoms with E-state index in [4.69, 9.17) is 0 Å². The number of thioether (sulfide) groups is 1. The van der Waals surface area contributed by atoms with Crippen LogP contribution in [0.5, 0.6) is 0 Å². The lowest BCUT2D eigenvalue weighted by atomic mass is 10.2. The van der Waals surface area contributed by atoms with Crippen LogP contribution in [0.3, 0.4) is 0 Å². The van der Waals surface area contributed by atoms with E-state index in [1.54, 1.807) is 0 Å². The minimum absolute atomic E-state index is 0.176. The lowest BCUT2D eigenvalue weighted by Crippen LogP contribution is -2.34. The first-order chi connectivity index (χ1) is 7.66. The summed E-state index contributed by atoms with van der Waals surface area (Å²) in [6, 6.07) is 7.12. The van der Waals surface area contributed by atoms with Crippen LogP contribution >= 0.6 is 11.8 Å². The van der Waals surface area contributed by atoms with Gasteiger partial charge in [0.15, 0.2) is 0 Å². The van der Waals surface area contributed by atoms with Gasteiger partial charge >= 0.3 is 6.03 Å². The van der Waals surface area contributed by atoms with Gasteiger partial charge in [-0.05, 0) is 19.1 Å². The molecule has 1 aromatic carbocycles. The molecular formula is C11H12N2O2S. The molecule has 4 nitrogen and oxygen atoms in total. The first-order valence-corrected chi connectivity index (χ1v) is 5.97. The van der Waals surface area contributed by atoms with Gasteiger partial charge in [-0.3, -0.25) is 9.69 Å². The molecule has 3 amide bonds. The van der Waals surface area contributed by atoms with E-state index in [0.717, 1.165) is 5.56 Å². The number of hydrogen-bond donors (Lipinski definition) is 1. The molecule has 0 saturated carbocycles. The Morgan fingerprint density at radius 2 is 2.06 bits per heavy atom. The zero-order valence-electron chi connectivity index (χ0n) is 8.90. The van der Waals surface area contributed by atoms with Crippen molar-refractivity contribution in [1.29, 1.82) is 0 Å². The molecule has 0 aliphatic carbocycles. The van der Waals surface area contributed by atoms with Gasteiger partial charge in [0.2, 0.25) is 0 Å². The van der Waals surface area contributed by atoms with Gasteiger partial charge in [0.25, 0.3) is 5.24 Å². The summed E-state index contributed by atoms with van der Waals surface area (Å²) < 4.78 is 0. The minimum atomic E-state index is -0.348. The maximum atomic E-state index is 11.7. The predicted molar refractivity (Wildman–Crippen MR) is 64.8 cm³/mol. The Hall–Kier alpha value is -1.49. The number of carbonyl (C=O) groups excluding carboxylic acids is 2. The van der Waals surface area contributed by atoms with Crippen LogP contribution in [-0.2, 0) is 0 Å². The molecule has 0 bridgehead atoms. The average Bonchev–Trinajstić information content (AvgIpc) is 2.68. The van der Waals surface area contributed by atoms with Crippen molar-refractivity contribution in [2.24, 2.45) is 0 Å². The van der Waals surface area contributed by atoms with Crippen LogP contribution in [0.2, 0.25) is 0 Å². The number of nitrogens with one attached hydrogen (secondary N) is 1. The van der Waals surface area contributed by atoms with Gasteiger partial charge < -0.3 is 5.32 Å². The van der Waals surface area contributed by atoms with E-state index in [1.807, 2.05) is 31.2 Å².